The minimum absolute atomic E-state index is 0.00356. The van der Waals surface area contributed by atoms with Crippen LogP contribution in [0.15, 0.2) is 11.1 Å². The number of amides is 2. The van der Waals surface area contributed by atoms with Gasteiger partial charge in [0, 0.05) is 17.8 Å². The summed E-state index contributed by atoms with van der Waals surface area (Å²) in [5, 5.41) is 16.2. The number of rotatable bonds is 9. The summed E-state index contributed by atoms with van der Waals surface area (Å²) in [6, 6.07) is 0. The van der Waals surface area contributed by atoms with Crippen LogP contribution in [0.4, 0.5) is 0 Å². The summed E-state index contributed by atoms with van der Waals surface area (Å²) in [5.41, 5.74) is -1.27. The lowest BCUT2D eigenvalue weighted by atomic mass is 9.33. The molecule has 6 rings (SSSR count). The average Bonchev–Trinajstić information content (AvgIpc) is 3.38. The number of carbonyl (C=O) groups excluding carboxylic acids is 4. The summed E-state index contributed by atoms with van der Waals surface area (Å²) in [7, 11) is 0. The Morgan fingerprint density at radius 3 is 2.09 bits per heavy atom. The maximum absolute atomic E-state index is 14.3. The highest BCUT2D eigenvalue weighted by Gasteiger charge is 2.70. The van der Waals surface area contributed by atoms with Gasteiger partial charge in [0.1, 0.15) is 11.6 Å². The number of esters is 1. The molecule has 9 nitrogen and oxygen atoms in total. The van der Waals surface area contributed by atoms with E-state index in [-0.39, 0.29) is 69.5 Å². The molecule has 0 aromatic rings. The van der Waals surface area contributed by atoms with E-state index in [0.29, 0.717) is 24.7 Å². The summed E-state index contributed by atoms with van der Waals surface area (Å²) in [6.07, 6.45) is 12.2. The number of Topliss-reactive ketones (excluding diaryl/α,β-unsaturated/α-hetero) is 1. The monoisotopic (exact) mass is 765 g/mol. The van der Waals surface area contributed by atoms with Crippen LogP contribution >= 0.6 is 0 Å². The lowest BCUT2D eigenvalue weighted by Gasteiger charge is -2.72. The van der Waals surface area contributed by atoms with Gasteiger partial charge in [-0.3, -0.25) is 24.0 Å². The van der Waals surface area contributed by atoms with Gasteiger partial charge in [-0.1, -0.05) is 67.7 Å². The molecule has 6 aliphatic rings. The quantitative estimate of drug-likeness (QED) is 0.200. The van der Waals surface area contributed by atoms with Gasteiger partial charge in [0.05, 0.1) is 17.4 Å². The van der Waals surface area contributed by atoms with Crippen molar-refractivity contribution >= 4 is 29.5 Å². The number of allylic oxidation sites excluding steroid dienone is 1. The van der Waals surface area contributed by atoms with E-state index in [9.17, 15) is 29.1 Å². The number of aliphatic carboxylic acids is 1. The van der Waals surface area contributed by atoms with Crippen LogP contribution in [0.3, 0.4) is 0 Å². The molecule has 6 aliphatic carbocycles. The van der Waals surface area contributed by atoms with Gasteiger partial charge >= 0.3 is 11.9 Å². The normalized spacial score (nSPS) is 37.6. The molecule has 8 atom stereocenters. The van der Waals surface area contributed by atoms with Gasteiger partial charge in [0.15, 0.2) is 5.78 Å². The maximum atomic E-state index is 14.3. The van der Waals surface area contributed by atoms with E-state index in [1.807, 2.05) is 0 Å². The number of ketones is 1. The highest BCUT2D eigenvalue weighted by atomic mass is 16.5. The van der Waals surface area contributed by atoms with E-state index in [2.05, 4.69) is 59.1 Å². The third-order valence-corrected chi connectivity index (χ3v) is 17.1. The van der Waals surface area contributed by atoms with Crippen molar-refractivity contribution in [1.82, 2.24) is 10.6 Å². The van der Waals surface area contributed by atoms with Crippen molar-refractivity contribution in [2.75, 3.05) is 0 Å². The Bertz CT molecular complexity index is 1640. The first-order valence-electron chi connectivity index (χ1n) is 21.7. The van der Waals surface area contributed by atoms with Crippen LogP contribution in [0.1, 0.15) is 172 Å². The number of ether oxygens (including phenoxy) is 1. The SMILES string of the molecule is CC(C)C1=C2[C@H]3CC[C@@H]4[C@@]5(C)CC[C@H](OC(=O)CC(C)(C)C(=O)O)C(C)(C)[C@@H]5CC[C@@]4(C)[C@]3(C)CC[C@@]2(NC(=O)C(C)(C)NC(=O)C2CCCCC2)CC1=O. The van der Waals surface area contributed by atoms with Crippen molar-refractivity contribution < 1.29 is 33.8 Å². The Labute approximate surface area is 330 Å². The number of nitrogens with one attached hydrogen (secondary N) is 2. The second-order valence-corrected chi connectivity index (χ2v) is 21.9. The summed E-state index contributed by atoms with van der Waals surface area (Å²) in [5.74, 6) is -0.600. The van der Waals surface area contributed by atoms with Gasteiger partial charge in [0.2, 0.25) is 11.8 Å². The standard InChI is InChI=1S/C46H72N2O7/c1-27(2)35-30(49)25-46(48-38(52)42(7,8)47-37(51)28-15-13-12-14-16-28)24-23-44(10)29(36(35)46)17-18-32-43(9)21-20-33(55-34(50)26-40(3,4)39(53)54)41(5,6)31(43)19-22-45(32,44)11/h27-29,31-33H,12-26H2,1-11H3,(H,47,51)(H,48,52)(H,53,54)/t29-,31+,32-,33+,43+,44-,45-,46-/m1/s1. The van der Waals surface area contributed by atoms with Crippen molar-refractivity contribution in [2.45, 2.75) is 190 Å². The molecule has 5 fully saturated rings. The van der Waals surface area contributed by atoms with Crippen LogP contribution < -0.4 is 10.6 Å². The molecular weight excluding hydrogens is 693 g/mol. The van der Waals surface area contributed by atoms with Crippen LogP contribution in [0.25, 0.3) is 0 Å². The molecule has 308 valence electrons. The van der Waals surface area contributed by atoms with Crippen molar-refractivity contribution in [3.05, 3.63) is 11.1 Å². The van der Waals surface area contributed by atoms with Crippen LogP contribution in [-0.4, -0.2) is 51.8 Å². The predicted molar refractivity (Wildman–Crippen MR) is 213 cm³/mol. The summed E-state index contributed by atoms with van der Waals surface area (Å²) in [4.78, 5) is 66.7. The zero-order valence-electron chi connectivity index (χ0n) is 36.0. The van der Waals surface area contributed by atoms with E-state index in [4.69, 9.17) is 4.74 Å². The van der Waals surface area contributed by atoms with Crippen molar-refractivity contribution in [1.29, 1.82) is 0 Å². The molecule has 3 N–H and O–H groups in total. The first kappa shape index (κ1) is 41.9. The van der Waals surface area contributed by atoms with Crippen LogP contribution in [0.5, 0.6) is 0 Å². The van der Waals surface area contributed by atoms with Gasteiger partial charge in [-0.15, -0.1) is 0 Å². The molecule has 0 heterocycles. The third kappa shape index (κ3) is 6.71. The molecule has 0 spiro atoms. The molecule has 0 saturated heterocycles. The minimum atomic E-state index is -1.18. The van der Waals surface area contributed by atoms with Crippen LogP contribution in [0, 0.1) is 56.7 Å². The Morgan fingerprint density at radius 1 is 0.818 bits per heavy atom. The van der Waals surface area contributed by atoms with Crippen LogP contribution in [0.2, 0.25) is 0 Å². The lowest BCUT2D eigenvalue weighted by Crippen LogP contribution is -2.68. The van der Waals surface area contributed by atoms with Crippen molar-refractivity contribution in [3.8, 4) is 0 Å². The van der Waals surface area contributed by atoms with E-state index in [1.54, 1.807) is 27.7 Å². The molecule has 0 aliphatic heterocycles. The van der Waals surface area contributed by atoms with Gasteiger partial charge in [-0.05, 0) is 143 Å². The zero-order valence-corrected chi connectivity index (χ0v) is 36.0. The molecule has 55 heavy (non-hydrogen) atoms. The van der Waals surface area contributed by atoms with Crippen LogP contribution in [-0.2, 0) is 28.7 Å². The number of fused-ring (bicyclic) bond motifs is 7. The molecular formula is C46H72N2O7. The fourth-order valence-corrected chi connectivity index (χ4v) is 13.8. The highest BCUT2D eigenvalue weighted by Crippen LogP contribution is 2.76. The maximum Gasteiger partial charge on any atom is 0.309 e. The largest absolute Gasteiger partial charge is 0.481 e. The van der Waals surface area contributed by atoms with Gasteiger partial charge in [-0.2, -0.15) is 0 Å². The Kier molecular flexibility index (Phi) is 10.7. The number of hydrogen-bond acceptors (Lipinski definition) is 6. The van der Waals surface area contributed by atoms with E-state index >= 15 is 0 Å². The molecule has 0 aromatic heterocycles. The molecule has 0 bridgehead atoms. The van der Waals surface area contributed by atoms with Crippen molar-refractivity contribution in [3.63, 3.8) is 0 Å². The fourth-order valence-electron chi connectivity index (χ4n) is 13.8. The lowest BCUT2D eigenvalue weighted by molar-refractivity contribution is -0.232. The smallest absolute Gasteiger partial charge is 0.309 e. The first-order chi connectivity index (χ1) is 25.4. The molecule has 2 amide bonds. The Balaban J connectivity index is 1.26. The topological polar surface area (TPSA) is 139 Å². The zero-order chi connectivity index (χ0) is 40.7. The number of carboxylic acids is 1. The van der Waals surface area contributed by atoms with Gasteiger partial charge in [0.25, 0.3) is 0 Å². The average molecular weight is 765 g/mol. The molecule has 0 unspecified atom stereocenters. The molecule has 5 saturated carbocycles. The molecule has 0 aromatic carbocycles. The van der Waals surface area contributed by atoms with E-state index < -0.39 is 28.4 Å². The summed E-state index contributed by atoms with van der Waals surface area (Å²) >= 11 is 0. The second-order valence-electron chi connectivity index (χ2n) is 21.9. The second kappa shape index (κ2) is 14.0. The summed E-state index contributed by atoms with van der Waals surface area (Å²) in [6.45, 7) is 23.0. The minimum Gasteiger partial charge on any atom is -0.481 e. The predicted octanol–water partition coefficient (Wildman–Crippen LogP) is 8.72. The van der Waals surface area contributed by atoms with Gasteiger partial charge < -0.3 is 20.5 Å². The first-order valence-corrected chi connectivity index (χ1v) is 21.7. The molecule has 0 radical (unpaired) electrons. The Hall–Kier alpha value is -2.71. The number of hydrogen-bond donors (Lipinski definition) is 3. The van der Waals surface area contributed by atoms with E-state index in [1.165, 1.54) is 5.57 Å². The fraction of sp³-hybridized carbons (Fsp3) is 0.848. The third-order valence-electron chi connectivity index (χ3n) is 17.1. The van der Waals surface area contributed by atoms with Gasteiger partial charge in [-0.25, -0.2) is 0 Å². The van der Waals surface area contributed by atoms with Crippen molar-refractivity contribution in [2.24, 2.45) is 56.7 Å². The Morgan fingerprint density at radius 2 is 1.47 bits per heavy atom. The molecule has 9 heteroatoms. The van der Waals surface area contributed by atoms with E-state index in [0.717, 1.165) is 82.6 Å². The summed E-state index contributed by atoms with van der Waals surface area (Å²) < 4.78 is 6.17. The number of carbonyl (C=O) groups is 5. The highest BCUT2D eigenvalue weighted by molar-refractivity contribution is 6.03. The number of carboxylic acid groups (broad SMARTS) is 1.